The Hall–Kier alpha value is -3.61. The van der Waals surface area contributed by atoms with Crippen molar-refractivity contribution in [2.24, 2.45) is 0 Å². The van der Waals surface area contributed by atoms with Gasteiger partial charge in [-0.2, -0.15) is 4.98 Å². The zero-order chi connectivity index (χ0) is 22.5. The van der Waals surface area contributed by atoms with Crippen molar-refractivity contribution in [3.63, 3.8) is 0 Å². The van der Waals surface area contributed by atoms with E-state index in [0.29, 0.717) is 37.5 Å². The zero-order valence-corrected chi connectivity index (χ0v) is 18.6. The summed E-state index contributed by atoms with van der Waals surface area (Å²) in [6, 6.07) is 15.4. The third-order valence-electron chi connectivity index (χ3n) is 5.52. The minimum Gasteiger partial charge on any atom is -0.497 e. The number of nitrogens with zero attached hydrogens (tertiary/aromatic N) is 3. The Morgan fingerprint density at radius 1 is 1.12 bits per heavy atom. The van der Waals surface area contributed by atoms with E-state index in [2.05, 4.69) is 17.1 Å². The van der Waals surface area contributed by atoms with Gasteiger partial charge >= 0.3 is 0 Å². The molecule has 0 unspecified atom stereocenters. The Kier molecular flexibility index (Phi) is 6.54. The number of fused-ring (bicyclic) bond motifs is 1. The van der Waals surface area contributed by atoms with Crippen molar-refractivity contribution >= 4 is 16.9 Å². The molecule has 0 aliphatic heterocycles. The van der Waals surface area contributed by atoms with E-state index in [1.807, 2.05) is 55.6 Å². The van der Waals surface area contributed by atoms with Crippen molar-refractivity contribution in [2.75, 3.05) is 14.2 Å². The van der Waals surface area contributed by atoms with Crippen molar-refractivity contribution in [1.82, 2.24) is 15.0 Å². The fourth-order valence-corrected chi connectivity index (χ4v) is 3.73. The largest absolute Gasteiger partial charge is 0.497 e. The van der Waals surface area contributed by atoms with Gasteiger partial charge in [0.1, 0.15) is 17.1 Å². The molecule has 0 aliphatic rings. The lowest BCUT2D eigenvalue weighted by Crippen LogP contribution is -2.26. The highest BCUT2D eigenvalue weighted by atomic mass is 16.5. The highest BCUT2D eigenvalue weighted by Gasteiger charge is 2.17. The minimum absolute atomic E-state index is 0.0761. The monoisotopic (exact) mass is 433 g/mol. The fraction of sp³-hybridized carbons (Fsp3) is 0.320. The molecule has 0 radical (unpaired) electrons. The van der Waals surface area contributed by atoms with Gasteiger partial charge in [0.05, 0.1) is 7.11 Å². The molecule has 0 saturated heterocycles. The lowest BCUT2D eigenvalue weighted by molar-refractivity contribution is -0.130. The van der Waals surface area contributed by atoms with Gasteiger partial charge in [-0.05, 0) is 36.8 Å². The molecule has 7 nitrogen and oxygen atoms in total. The third kappa shape index (κ3) is 4.66. The smallest absolute Gasteiger partial charge is 0.226 e. The van der Waals surface area contributed by atoms with Crippen LogP contribution >= 0.6 is 0 Å². The first-order chi connectivity index (χ1) is 15.6. The second kappa shape index (κ2) is 9.68. The van der Waals surface area contributed by atoms with Gasteiger partial charge in [0.2, 0.25) is 17.6 Å². The molecule has 0 bridgehead atoms. The van der Waals surface area contributed by atoms with Crippen molar-refractivity contribution in [3.05, 3.63) is 65.7 Å². The molecule has 0 N–H and O–H groups in total. The van der Waals surface area contributed by atoms with E-state index in [0.717, 1.165) is 40.0 Å². The molecule has 32 heavy (non-hydrogen) atoms. The standard InChI is InChI=1S/C25H27N3O4/c1-4-21-20(19-8-5-6-9-22(19)31-21)16-28(2)24(29)11-7-10-23-26-25(27-32-23)17-12-14-18(30-3)15-13-17/h5-6,8-9,12-15H,4,7,10-11,16H2,1-3H3. The molecule has 2 aromatic heterocycles. The number of aryl methyl sites for hydroxylation is 2. The summed E-state index contributed by atoms with van der Waals surface area (Å²) in [7, 11) is 3.46. The second-order valence-electron chi connectivity index (χ2n) is 7.70. The van der Waals surface area contributed by atoms with Crippen LogP contribution in [0.4, 0.5) is 0 Å². The summed E-state index contributed by atoms with van der Waals surface area (Å²) in [5.41, 5.74) is 2.81. The Labute approximate surface area is 187 Å². The van der Waals surface area contributed by atoms with Gasteiger partial charge in [-0.3, -0.25) is 4.79 Å². The molecule has 0 saturated carbocycles. The van der Waals surface area contributed by atoms with E-state index >= 15 is 0 Å². The number of aromatic nitrogens is 2. The number of para-hydroxylation sites is 1. The molecule has 2 heterocycles. The number of methoxy groups -OCH3 is 1. The van der Waals surface area contributed by atoms with Crippen molar-refractivity contribution in [3.8, 4) is 17.1 Å². The number of benzene rings is 2. The summed E-state index contributed by atoms with van der Waals surface area (Å²) in [5, 5.41) is 5.11. The van der Waals surface area contributed by atoms with Crippen molar-refractivity contribution in [1.29, 1.82) is 0 Å². The number of carbonyl (C=O) groups is 1. The van der Waals surface area contributed by atoms with Gasteiger partial charge in [0.25, 0.3) is 0 Å². The Morgan fingerprint density at radius 2 is 1.91 bits per heavy atom. The van der Waals surface area contributed by atoms with Crippen LogP contribution in [0.2, 0.25) is 0 Å². The van der Waals surface area contributed by atoms with Gasteiger partial charge in [-0.1, -0.05) is 30.3 Å². The van der Waals surface area contributed by atoms with E-state index in [1.165, 1.54) is 0 Å². The van der Waals surface area contributed by atoms with E-state index in [4.69, 9.17) is 13.7 Å². The summed E-state index contributed by atoms with van der Waals surface area (Å²) in [5.74, 6) is 2.84. The van der Waals surface area contributed by atoms with Crippen molar-refractivity contribution in [2.45, 2.75) is 39.2 Å². The predicted octanol–water partition coefficient (Wildman–Crippen LogP) is 5.04. The summed E-state index contributed by atoms with van der Waals surface area (Å²) in [6.07, 6.45) is 2.39. The summed E-state index contributed by atoms with van der Waals surface area (Å²) in [6.45, 7) is 2.59. The van der Waals surface area contributed by atoms with Crippen LogP contribution in [-0.4, -0.2) is 35.1 Å². The summed E-state index contributed by atoms with van der Waals surface area (Å²) < 4.78 is 16.5. The fourth-order valence-electron chi connectivity index (χ4n) is 3.73. The van der Waals surface area contributed by atoms with Gasteiger partial charge in [-0.25, -0.2) is 0 Å². The van der Waals surface area contributed by atoms with Gasteiger partial charge < -0.3 is 18.6 Å². The van der Waals surface area contributed by atoms with Crippen LogP contribution in [0.15, 0.2) is 57.5 Å². The topological polar surface area (TPSA) is 81.6 Å². The van der Waals surface area contributed by atoms with E-state index in [1.54, 1.807) is 12.0 Å². The number of ether oxygens (including phenoxy) is 1. The first-order valence-corrected chi connectivity index (χ1v) is 10.8. The maximum absolute atomic E-state index is 12.7. The van der Waals surface area contributed by atoms with E-state index in [-0.39, 0.29) is 5.91 Å². The molecule has 0 spiro atoms. The highest BCUT2D eigenvalue weighted by molar-refractivity contribution is 5.83. The average Bonchev–Trinajstić information content (AvgIpc) is 3.44. The Morgan fingerprint density at radius 3 is 2.66 bits per heavy atom. The lowest BCUT2D eigenvalue weighted by Gasteiger charge is -2.17. The quantitative estimate of drug-likeness (QED) is 0.368. The Balaban J connectivity index is 1.32. The first kappa shape index (κ1) is 21.6. The molecule has 4 rings (SSSR count). The maximum atomic E-state index is 12.7. The van der Waals surface area contributed by atoms with Crippen LogP contribution in [-0.2, 0) is 24.2 Å². The van der Waals surface area contributed by atoms with Crippen LogP contribution < -0.4 is 4.74 Å². The van der Waals surface area contributed by atoms with Crippen LogP contribution in [0, 0.1) is 0 Å². The normalized spacial score (nSPS) is 11.1. The summed E-state index contributed by atoms with van der Waals surface area (Å²) in [4.78, 5) is 18.9. The predicted molar refractivity (Wildman–Crippen MR) is 121 cm³/mol. The third-order valence-corrected chi connectivity index (χ3v) is 5.52. The number of hydrogen-bond acceptors (Lipinski definition) is 6. The van der Waals surface area contributed by atoms with Crippen LogP contribution in [0.1, 0.15) is 37.0 Å². The second-order valence-corrected chi connectivity index (χ2v) is 7.70. The molecule has 0 aliphatic carbocycles. The molecule has 166 valence electrons. The van der Waals surface area contributed by atoms with Crippen LogP contribution in [0.5, 0.6) is 5.75 Å². The van der Waals surface area contributed by atoms with E-state index < -0.39 is 0 Å². The maximum Gasteiger partial charge on any atom is 0.226 e. The molecule has 2 aromatic carbocycles. The number of amides is 1. The van der Waals surface area contributed by atoms with Crippen molar-refractivity contribution < 1.29 is 18.5 Å². The molecular formula is C25H27N3O4. The molecule has 0 atom stereocenters. The molecular weight excluding hydrogens is 406 g/mol. The van der Waals surface area contributed by atoms with Gasteiger partial charge in [0.15, 0.2) is 0 Å². The molecule has 1 amide bonds. The van der Waals surface area contributed by atoms with E-state index in [9.17, 15) is 4.79 Å². The van der Waals surface area contributed by atoms with Crippen LogP contribution in [0.3, 0.4) is 0 Å². The zero-order valence-electron chi connectivity index (χ0n) is 18.6. The summed E-state index contributed by atoms with van der Waals surface area (Å²) >= 11 is 0. The Bertz CT molecular complexity index is 1190. The molecule has 4 aromatic rings. The number of hydrogen-bond donors (Lipinski definition) is 0. The number of rotatable bonds is 9. The van der Waals surface area contributed by atoms with Crippen LogP contribution in [0.25, 0.3) is 22.4 Å². The highest BCUT2D eigenvalue weighted by Crippen LogP contribution is 2.27. The molecule has 0 fully saturated rings. The minimum atomic E-state index is 0.0761. The number of carbonyl (C=O) groups excluding carboxylic acids is 1. The first-order valence-electron chi connectivity index (χ1n) is 10.8. The molecule has 7 heteroatoms. The average molecular weight is 434 g/mol. The van der Waals surface area contributed by atoms with Gasteiger partial charge in [0, 0.05) is 49.4 Å². The SMILES string of the molecule is CCc1oc2ccccc2c1CN(C)C(=O)CCCc1nc(-c2ccc(OC)cc2)no1. The van der Waals surface area contributed by atoms with Gasteiger partial charge in [-0.15, -0.1) is 0 Å². The number of furan rings is 1. The lowest BCUT2D eigenvalue weighted by atomic mass is 10.1.